The summed E-state index contributed by atoms with van der Waals surface area (Å²) >= 11 is 0. The molecule has 0 radical (unpaired) electrons. The standard InChI is InChI=1S/C25H17F3N2O/c26-25(27,28)18-10-11-19-22(13-18)30(21-7-3-6-20(23(19)21)24(29)31)14-15-8-9-16-4-1-2-5-17(16)12-15/h1-13H,14H2,(H2,29,31). The number of alkyl halides is 3. The number of nitrogens with two attached hydrogens (primary N) is 1. The Morgan fingerprint density at radius 2 is 1.61 bits per heavy atom. The zero-order valence-electron chi connectivity index (χ0n) is 16.3. The number of primary amides is 1. The molecule has 0 saturated heterocycles. The van der Waals surface area contributed by atoms with Crippen molar-refractivity contribution in [2.24, 2.45) is 5.73 Å². The average molecular weight is 418 g/mol. The summed E-state index contributed by atoms with van der Waals surface area (Å²) < 4.78 is 42.1. The van der Waals surface area contributed by atoms with Crippen LogP contribution in [0, 0.1) is 0 Å². The number of carbonyl (C=O) groups excluding carboxylic acids is 1. The van der Waals surface area contributed by atoms with Crippen LogP contribution in [-0.2, 0) is 12.7 Å². The van der Waals surface area contributed by atoms with Gasteiger partial charge in [0, 0.05) is 22.9 Å². The third kappa shape index (κ3) is 3.20. The monoisotopic (exact) mass is 418 g/mol. The number of carbonyl (C=O) groups is 1. The van der Waals surface area contributed by atoms with Crippen LogP contribution >= 0.6 is 0 Å². The van der Waals surface area contributed by atoms with Crippen LogP contribution in [0.4, 0.5) is 13.2 Å². The molecule has 1 heterocycles. The van der Waals surface area contributed by atoms with E-state index in [1.165, 1.54) is 6.07 Å². The van der Waals surface area contributed by atoms with E-state index in [-0.39, 0.29) is 0 Å². The van der Waals surface area contributed by atoms with E-state index < -0.39 is 17.6 Å². The van der Waals surface area contributed by atoms with Crippen molar-refractivity contribution in [3.8, 4) is 0 Å². The number of fused-ring (bicyclic) bond motifs is 4. The van der Waals surface area contributed by atoms with Gasteiger partial charge < -0.3 is 10.3 Å². The minimum Gasteiger partial charge on any atom is -0.366 e. The van der Waals surface area contributed by atoms with Gasteiger partial charge in [-0.05, 0) is 46.7 Å². The minimum absolute atomic E-state index is 0.291. The number of rotatable bonds is 3. The number of amides is 1. The van der Waals surface area contributed by atoms with Gasteiger partial charge in [0.2, 0.25) is 5.91 Å². The fraction of sp³-hybridized carbons (Fsp3) is 0.0800. The topological polar surface area (TPSA) is 48.0 Å². The first-order valence-electron chi connectivity index (χ1n) is 9.72. The predicted octanol–water partition coefficient (Wildman–Crippen LogP) is 6.11. The maximum Gasteiger partial charge on any atom is 0.416 e. The summed E-state index contributed by atoms with van der Waals surface area (Å²) in [4.78, 5) is 12.0. The van der Waals surface area contributed by atoms with Crippen molar-refractivity contribution >= 4 is 38.5 Å². The van der Waals surface area contributed by atoms with Gasteiger partial charge in [0.25, 0.3) is 0 Å². The summed E-state index contributed by atoms with van der Waals surface area (Å²) in [6.45, 7) is 0.356. The molecule has 4 aromatic carbocycles. The summed E-state index contributed by atoms with van der Waals surface area (Å²) in [7, 11) is 0. The van der Waals surface area contributed by atoms with Crippen LogP contribution < -0.4 is 5.73 Å². The van der Waals surface area contributed by atoms with Gasteiger partial charge in [-0.15, -0.1) is 0 Å². The zero-order valence-corrected chi connectivity index (χ0v) is 16.3. The van der Waals surface area contributed by atoms with Crippen LogP contribution in [0.5, 0.6) is 0 Å². The Kier molecular flexibility index (Phi) is 4.25. The largest absolute Gasteiger partial charge is 0.416 e. The molecule has 6 heteroatoms. The van der Waals surface area contributed by atoms with Gasteiger partial charge in [0.15, 0.2) is 0 Å². The Morgan fingerprint density at radius 1 is 0.839 bits per heavy atom. The Morgan fingerprint density at radius 3 is 2.35 bits per heavy atom. The molecule has 3 nitrogen and oxygen atoms in total. The molecule has 5 aromatic rings. The van der Waals surface area contributed by atoms with E-state index in [4.69, 9.17) is 5.73 Å². The zero-order chi connectivity index (χ0) is 21.8. The van der Waals surface area contributed by atoms with Gasteiger partial charge in [-0.1, -0.05) is 48.5 Å². The number of aromatic nitrogens is 1. The number of benzene rings is 4. The van der Waals surface area contributed by atoms with Crippen LogP contribution in [0.1, 0.15) is 21.5 Å². The summed E-state index contributed by atoms with van der Waals surface area (Å²) in [5.74, 6) is -0.616. The molecule has 31 heavy (non-hydrogen) atoms. The Bertz CT molecular complexity index is 1480. The molecule has 2 N–H and O–H groups in total. The van der Waals surface area contributed by atoms with E-state index >= 15 is 0 Å². The normalized spacial score (nSPS) is 12.1. The summed E-state index contributed by atoms with van der Waals surface area (Å²) in [6, 6.07) is 22.6. The second-order valence-electron chi connectivity index (χ2n) is 7.56. The molecule has 0 atom stereocenters. The van der Waals surface area contributed by atoms with E-state index in [2.05, 4.69) is 0 Å². The van der Waals surface area contributed by atoms with Crippen molar-refractivity contribution < 1.29 is 18.0 Å². The molecule has 0 spiro atoms. The molecule has 1 aromatic heterocycles. The summed E-state index contributed by atoms with van der Waals surface area (Å²) in [5, 5.41) is 3.27. The lowest BCUT2D eigenvalue weighted by Crippen LogP contribution is -2.11. The maximum absolute atomic E-state index is 13.4. The molecule has 0 fully saturated rings. The van der Waals surface area contributed by atoms with Gasteiger partial charge in [0.1, 0.15) is 0 Å². The quantitative estimate of drug-likeness (QED) is 0.377. The fourth-order valence-electron chi connectivity index (χ4n) is 4.22. The molecule has 154 valence electrons. The molecule has 0 bridgehead atoms. The first kappa shape index (κ1) is 19.2. The molecule has 0 aliphatic heterocycles. The average Bonchev–Trinajstić information content (AvgIpc) is 3.06. The van der Waals surface area contributed by atoms with Crippen LogP contribution in [0.15, 0.2) is 78.9 Å². The summed E-state index contributed by atoms with van der Waals surface area (Å²) in [5.41, 5.74) is 7.14. The molecule has 5 rings (SSSR count). The highest BCUT2D eigenvalue weighted by atomic mass is 19.4. The van der Waals surface area contributed by atoms with Gasteiger partial charge in [0.05, 0.1) is 16.6 Å². The smallest absolute Gasteiger partial charge is 0.366 e. The van der Waals surface area contributed by atoms with Crippen LogP contribution in [0.2, 0.25) is 0 Å². The molecule has 0 saturated carbocycles. The number of hydrogen-bond acceptors (Lipinski definition) is 1. The van der Waals surface area contributed by atoms with E-state index in [0.717, 1.165) is 28.5 Å². The lowest BCUT2D eigenvalue weighted by atomic mass is 10.0. The second-order valence-corrected chi connectivity index (χ2v) is 7.56. The van der Waals surface area contributed by atoms with Crippen molar-refractivity contribution in [3.05, 3.63) is 95.6 Å². The van der Waals surface area contributed by atoms with E-state index in [1.807, 2.05) is 47.0 Å². The maximum atomic E-state index is 13.4. The van der Waals surface area contributed by atoms with Crippen molar-refractivity contribution in [1.29, 1.82) is 0 Å². The number of nitrogens with zero attached hydrogens (tertiary/aromatic N) is 1. The molecular formula is C25H17F3N2O. The van der Waals surface area contributed by atoms with Crippen molar-refractivity contribution in [2.75, 3.05) is 0 Å². The SMILES string of the molecule is NC(=O)c1cccc2c1c1ccc(C(F)(F)F)cc1n2Cc1ccc2ccccc2c1. The lowest BCUT2D eigenvalue weighted by Gasteiger charge is -2.11. The molecule has 1 amide bonds. The highest BCUT2D eigenvalue weighted by molar-refractivity contribution is 6.18. The van der Waals surface area contributed by atoms with Gasteiger partial charge in [-0.3, -0.25) is 4.79 Å². The minimum atomic E-state index is -4.47. The fourth-order valence-corrected chi connectivity index (χ4v) is 4.22. The molecular weight excluding hydrogens is 401 g/mol. The number of halogens is 3. The van der Waals surface area contributed by atoms with Crippen LogP contribution in [0.25, 0.3) is 32.6 Å². The summed E-state index contributed by atoms with van der Waals surface area (Å²) in [6.07, 6.45) is -4.47. The van der Waals surface area contributed by atoms with Crippen molar-refractivity contribution in [3.63, 3.8) is 0 Å². The first-order valence-corrected chi connectivity index (χ1v) is 9.72. The van der Waals surface area contributed by atoms with Crippen molar-refractivity contribution in [1.82, 2.24) is 4.57 Å². The van der Waals surface area contributed by atoms with Gasteiger partial charge in [-0.25, -0.2) is 0 Å². The third-order valence-corrected chi connectivity index (χ3v) is 5.64. The second kappa shape index (κ2) is 6.87. The van der Waals surface area contributed by atoms with E-state index in [9.17, 15) is 18.0 Å². The number of hydrogen-bond donors (Lipinski definition) is 1. The van der Waals surface area contributed by atoms with E-state index in [0.29, 0.717) is 33.9 Å². The highest BCUT2D eigenvalue weighted by Gasteiger charge is 2.31. The molecule has 0 unspecified atom stereocenters. The van der Waals surface area contributed by atoms with Crippen molar-refractivity contribution in [2.45, 2.75) is 12.7 Å². The Balaban J connectivity index is 1.79. The molecule has 0 aliphatic rings. The Labute approximate surface area is 175 Å². The van der Waals surface area contributed by atoms with Gasteiger partial charge >= 0.3 is 6.18 Å². The predicted molar refractivity (Wildman–Crippen MR) is 116 cm³/mol. The van der Waals surface area contributed by atoms with Crippen LogP contribution in [0.3, 0.4) is 0 Å². The van der Waals surface area contributed by atoms with Crippen LogP contribution in [-0.4, -0.2) is 10.5 Å². The van der Waals surface area contributed by atoms with E-state index in [1.54, 1.807) is 18.2 Å². The highest BCUT2D eigenvalue weighted by Crippen LogP contribution is 2.37. The Hall–Kier alpha value is -3.80. The lowest BCUT2D eigenvalue weighted by molar-refractivity contribution is -0.137. The first-order chi connectivity index (χ1) is 14.8. The van der Waals surface area contributed by atoms with Gasteiger partial charge in [-0.2, -0.15) is 13.2 Å². The molecule has 0 aliphatic carbocycles. The third-order valence-electron chi connectivity index (χ3n) is 5.64.